The number of hydrogen-bond donors (Lipinski definition) is 2. The first-order valence-corrected chi connectivity index (χ1v) is 5.24. The number of aromatic nitrogens is 2. The Bertz CT molecular complexity index is 314. The number of aromatic amines is 1. The lowest BCUT2D eigenvalue weighted by Gasteiger charge is -2.18. The lowest BCUT2D eigenvalue weighted by molar-refractivity contribution is 0.471. The van der Waals surface area contributed by atoms with Crippen LogP contribution < -0.4 is 5.32 Å². The molecule has 1 unspecified atom stereocenters. The van der Waals surface area contributed by atoms with Crippen molar-refractivity contribution in [2.24, 2.45) is 0 Å². The van der Waals surface area contributed by atoms with Crippen LogP contribution in [0.2, 0.25) is 0 Å². The van der Waals surface area contributed by atoms with E-state index >= 15 is 0 Å². The molecule has 0 amide bonds. The Morgan fingerprint density at radius 1 is 1.57 bits per heavy atom. The van der Waals surface area contributed by atoms with Crippen molar-refractivity contribution < 1.29 is 0 Å². The van der Waals surface area contributed by atoms with Gasteiger partial charge in [-0.3, -0.25) is 5.10 Å². The van der Waals surface area contributed by atoms with Gasteiger partial charge in [-0.15, -0.1) is 0 Å². The second-order valence-electron chi connectivity index (χ2n) is 3.90. The first-order chi connectivity index (χ1) is 6.84. The number of allylic oxidation sites excluding steroid dienone is 1. The maximum atomic E-state index is 4.19. The Balaban J connectivity index is 1.79. The molecule has 0 bridgehead atoms. The molecule has 0 radical (unpaired) electrons. The van der Waals surface area contributed by atoms with E-state index in [0.29, 0.717) is 6.04 Å². The van der Waals surface area contributed by atoms with Crippen LogP contribution in [0.4, 0.5) is 0 Å². The van der Waals surface area contributed by atoms with Gasteiger partial charge in [-0.2, -0.15) is 5.10 Å². The topological polar surface area (TPSA) is 40.7 Å². The molecule has 2 rings (SSSR count). The van der Waals surface area contributed by atoms with Crippen LogP contribution >= 0.6 is 0 Å². The summed E-state index contributed by atoms with van der Waals surface area (Å²) < 4.78 is 0. The van der Waals surface area contributed by atoms with Gasteiger partial charge in [0.1, 0.15) is 0 Å². The maximum absolute atomic E-state index is 4.19. The Morgan fingerprint density at radius 2 is 2.50 bits per heavy atom. The molecule has 1 aromatic heterocycles. The van der Waals surface area contributed by atoms with Gasteiger partial charge >= 0.3 is 0 Å². The highest BCUT2D eigenvalue weighted by Gasteiger charge is 2.09. The highest BCUT2D eigenvalue weighted by molar-refractivity contribution is 5.06. The molecule has 1 aliphatic carbocycles. The molecule has 3 heteroatoms. The van der Waals surface area contributed by atoms with E-state index in [9.17, 15) is 0 Å². The number of H-pyrrole nitrogens is 1. The minimum atomic E-state index is 0.636. The molecule has 0 saturated heterocycles. The van der Waals surface area contributed by atoms with Crippen LogP contribution in [0.25, 0.3) is 0 Å². The normalized spacial score (nSPS) is 21.4. The maximum Gasteiger partial charge on any atom is 0.0762 e. The second kappa shape index (κ2) is 4.42. The fourth-order valence-electron chi connectivity index (χ4n) is 1.79. The largest absolute Gasteiger partial charge is 0.308 e. The fraction of sp³-hybridized carbons (Fsp3) is 0.545. The second-order valence-corrected chi connectivity index (χ2v) is 3.90. The zero-order valence-corrected chi connectivity index (χ0v) is 8.59. The minimum absolute atomic E-state index is 0.636. The first kappa shape index (κ1) is 9.46. The zero-order chi connectivity index (χ0) is 9.80. The molecule has 76 valence electrons. The number of nitrogens with zero attached hydrogens (tertiary/aromatic N) is 1. The van der Waals surface area contributed by atoms with Crippen molar-refractivity contribution in [3.63, 3.8) is 0 Å². The van der Waals surface area contributed by atoms with Gasteiger partial charge in [0, 0.05) is 18.3 Å². The average molecular weight is 191 g/mol. The summed E-state index contributed by atoms with van der Waals surface area (Å²) in [7, 11) is 0. The SMILES string of the molecule is Cc1cc(CNC2CC=CCC2)n[nH]1. The fourth-order valence-corrected chi connectivity index (χ4v) is 1.79. The molecule has 1 aromatic rings. The van der Waals surface area contributed by atoms with Crippen LogP contribution in [0, 0.1) is 6.92 Å². The zero-order valence-electron chi connectivity index (χ0n) is 8.59. The van der Waals surface area contributed by atoms with E-state index in [1.54, 1.807) is 0 Å². The third-order valence-electron chi connectivity index (χ3n) is 2.60. The standard InChI is InChI=1S/C11H17N3/c1-9-7-11(14-13-9)8-12-10-5-3-2-4-6-10/h2-3,7,10,12H,4-6,8H2,1H3,(H,13,14). The van der Waals surface area contributed by atoms with E-state index in [2.05, 4.69) is 33.7 Å². The molecular formula is C11H17N3. The Morgan fingerprint density at radius 3 is 3.14 bits per heavy atom. The number of hydrogen-bond acceptors (Lipinski definition) is 2. The average Bonchev–Trinajstić information content (AvgIpc) is 2.63. The third kappa shape index (κ3) is 2.45. The predicted octanol–water partition coefficient (Wildman–Crippen LogP) is 1.92. The smallest absolute Gasteiger partial charge is 0.0762 e. The molecular weight excluding hydrogens is 174 g/mol. The molecule has 2 N–H and O–H groups in total. The van der Waals surface area contributed by atoms with Gasteiger partial charge in [0.15, 0.2) is 0 Å². The number of nitrogens with one attached hydrogen (secondary N) is 2. The molecule has 14 heavy (non-hydrogen) atoms. The summed E-state index contributed by atoms with van der Waals surface area (Å²) in [4.78, 5) is 0. The van der Waals surface area contributed by atoms with E-state index in [1.807, 2.05) is 6.92 Å². The van der Waals surface area contributed by atoms with Crippen molar-refractivity contribution in [2.45, 2.75) is 38.8 Å². The van der Waals surface area contributed by atoms with Crippen molar-refractivity contribution >= 4 is 0 Å². The lowest BCUT2D eigenvalue weighted by Crippen LogP contribution is -2.29. The van der Waals surface area contributed by atoms with Crippen LogP contribution in [-0.4, -0.2) is 16.2 Å². The van der Waals surface area contributed by atoms with E-state index in [0.717, 1.165) is 24.4 Å². The Labute approximate surface area is 84.6 Å². The summed E-state index contributed by atoms with van der Waals surface area (Å²) in [6, 6.07) is 2.73. The van der Waals surface area contributed by atoms with Gasteiger partial charge < -0.3 is 5.32 Å². The van der Waals surface area contributed by atoms with Gasteiger partial charge in [-0.25, -0.2) is 0 Å². The Kier molecular flexibility index (Phi) is 2.99. The quantitative estimate of drug-likeness (QED) is 0.717. The summed E-state index contributed by atoms with van der Waals surface area (Å²) >= 11 is 0. The van der Waals surface area contributed by atoms with Crippen molar-refractivity contribution in [2.75, 3.05) is 0 Å². The highest BCUT2D eigenvalue weighted by Crippen LogP contribution is 2.11. The van der Waals surface area contributed by atoms with Crippen molar-refractivity contribution in [3.05, 3.63) is 29.6 Å². The minimum Gasteiger partial charge on any atom is -0.308 e. The lowest BCUT2D eigenvalue weighted by atomic mass is 10.0. The van der Waals surface area contributed by atoms with Gasteiger partial charge in [0.25, 0.3) is 0 Å². The Hall–Kier alpha value is -1.09. The van der Waals surface area contributed by atoms with Crippen molar-refractivity contribution in [1.82, 2.24) is 15.5 Å². The highest BCUT2D eigenvalue weighted by atomic mass is 15.1. The predicted molar refractivity (Wildman–Crippen MR) is 56.9 cm³/mol. The van der Waals surface area contributed by atoms with Crippen LogP contribution in [0.3, 0.4) is 0 Å². The molecule has 1 atom stereocenters. The molecule has 3 nitrogen and oxygen atoms in total. The van der Waals surface area contributed by atoms with Gasteiger partial charge in [0.05, 0.1) is 5.69 Å². The van der Waals surface area contributed by atoms with Crippen molar-refractivity contribution in [1.29, 1.82) is 0 Å². The molecule has 0 aromatic carbocycles. The molecule has 0 saturated carbocycles. The monoisotopic (exact) mass is 191 g/mol. The summed E-state index contributed by atoms with van der Waals surface area (Å²) in [6.07, 6.45) is 8.13. The van der Waals surface area contributed by atoms with Crippen LogP contribution in [0.1, 0.15) is 30.7 Å². The summed E-state index contributed by atoms with van der Waals surface area (Å²) in [5.74, 6) is 0. The van der Waals surface area contributed by atoms with E-state index in [4.69, 9.17) is 0 Å². The number of rotatable bonds is 3. The summed E-state index contributed by atoms with van der Waals surface area (Å²) in [6.45, 7) is 2.91. The number of aryl methyl sites for hydroxylation is 1. The molecule has 0 spiro atoms. The summed E-state index contributed by atoms with van der Waals surface area (Å²) in [5, 5.41) is 10.7. The molecule has 1 heterocycles. The molecule has 0 fully saturated rings. The van der Waals surface area contributed by atoms with E-state index < -0.39 is 0 Å². The third-order valence-corrected chi connectivity index (χ3v) is 2.60. The van der Waals surface area contributed by atoms with Gasteiger partial charge in [-0.1, -0.05) is 12.2 Å². The van der Waals surface area contributed by atoms with Crippen LogP contribution in [0.5, 0.6) is 0 Å². The van der Waals surface area contributed by atoms with E-state index in [-0.39, 0.29) is 0 Å². The molecule has 0 aliphatic heterocycles. The van der Waals surface area contributed by atoms with Crippen LogP contribution in [0.15, 0.2) is 18.2 Å². The van der Waals surface area contributed by atoms with Gasteiger partial charge in [-0.05, 0) is 32.3 Å². The van der Waals surface area contributed by atoms with Crippen LogP contribution in [-0.2, 0) is 6.54 Å². The van der Waals surface area contributed by atoms with Gasteiger partial charge in [0.2, 0.25) is 0 Å². The van der Waals surface area contributed by atoms with E-state index in [1.165, 1.54) is 12.8 Å². The summed E-state index contributed by atoms with van der Waals surface area (Å²) in [5.41, 5.74) is 2.24. The van der Waals surface area contributed by atoms with Crippen molar-refractivity contribution in [3.8, 4) is 0 Å². The first-order valence-electron chi connectivity index (χ1n) is 5.24. The molecule has 1 aliphatic rings.